The van der Waals surface area contributed by atoms with E-state index in [2.05, 4.69) is 20.3 Å². The molecule has 3 aromatic heterocycles. The van der Waals surface area contributed by atoms with Crippen molar-refractivity contribution in [2.45, 2.75) is 6.61 Å². The molecule has 5 aromatic rings. The predicted molar refractivity (Wildman–Crippen MR) is 110 cm³/mol. The predicted octanol–water partition coefficient (Wildman–Crippen LogP) is 4.04. The van der Waals surface area contributed by atoms with E-state index in [1.54, 1.807) is 18.2 Å². The van der Waals surface area contributed by atoms with Crippen LogP contribution in [0.15, 0.2) is 79.1 Å². The molecule has 1 amide bonds. The van der Waals surface area contributed by atoms with Gasteiger partial charge in [0.1, 0.15) is 18.0 Å². The fourth-order valence-corrected chi connectivity index (χ4v) is 3.13. The molecule has 0 spiro atoms. The van der Waals surface area contributed by atoms with E-state index in [-0.39, 0.29) is 5.91 Å². The number of aromatic nitrogens is 4. The van der Waals surface area contributed by atoms with Crippen molar-refractivity contribution in [2.24, 2.45) is 0 Å². The van der Waals surface area contributed by atoms with Crippen LogP contribution in [0.5, 0.6) is 5.75 Å². The Morgan fingerprint density at radius 1 is 1.03 bits per heavy atom. The van der Waals surface area contributed by atoms with Crippen LogP contribution in [-0.4, -0.2) is 25.3 Å². The first-order valence-electron chi connectivity index (χ1n) is 9.16. The topological polar surface area (TPSA) is 84.3 Å². The van der Waals surface area contributed by atoms with E-state index >= 15 is 0 Å². The van der Waals surface area contributed by atoms with Crippen molar-refractivity contribution in [1.29, 1.82) is 0 Å². The van der Waals surface area contributed by atoms with E-state index in [1.165, 1.54) is 0 Å². The molecule has 0 radical (unpaired) electrons. The molecule has 0 bridgehead atoms. The number of rotatable bonds is 5. The molecular formula is C22H17N5O2. The Morgan fingerprint density at radius 3 is 2.83 bits per heavy atom. The molecule has 0 fully saturated rings. The summed E-state index contributed by atoms with van der Waals surface area (Å²) in [5, 5.41) is 2.79. The van der Waals surface area contributed by atoms with E-state index in [4.69, 9.17) is 4.74 Å². The number of pyridine rings is 1. The first-order valence-corrected chi connectivity index (χ1v) is 9.16. The molecular weight excluding hydrogens is 366 g/mol. The van der Waals surface area contributed by atoms with Crippen LogP contribution in [0.3, 0.4) is 0 Å². The number of anilines is 1. The normalized spacial score (nSPS) is 11.0. The van der Waals surface area contributed by atoms with Gasteiger partial charge in [-0.3, -0.25) is 10.1 Å². The maximum atomic E-state index is 12.6. The number of hydrogen-bond acceptors (Lipinski definition) is 4. The standard InChI is InChI=1S/C22H17N5O2/c28-21(26-22-24-18-8-1-2-9-19(18)25-22)15-6-5-7-17(12-15)29-14-16-13-27-11-4-3-10-20(27)23-16/h1-13H,14H2,(H2,24,25,26,28). The zero-order valence-corrected chi connectivity index (χ0v) is 15.4. The lowest BCUT2D eigenvalue weighted by atomic mass is 10.2. The molecule has 2 aromatic carbocycles. The highest BCUT2D eigenvalue weighted by Gasteiger charge is 2.11. The zero-order valence-electron chi connectivity index (χ0n) is 15.4. The molecule has 7 heteroatoms. The quantitative estimate of drug-likeness (QED) is 0.480. The SMILES string of the molecule is O=C(Nc1nc2ccccc2[nH]1)c1cccc(OCc2cn3ccccc3n2)c1. The van der Waals surface area contributed by atoms with E-state index < -0.39 is 0 Å². The Kier molecular flexibility index (Phi) is 4.18. The minimum atomic E-state index is -0.262. The van der Waals surface area contributed by atoms with Crippen LogP contribution in [0.1, 0.15) is 16.1 Å². The minimum Gasteiger partial charge on any atom is -0.487 e. The minimum absolute atomic E-state index is 0.262. The van der Waals surface area contributed by atoms with Crippen LogP contribution >= 0.6 is 0 Å². The molecule has 7 nitrogen and oxygen atoms in total. The van der Waals surface area contributed by atoms with E-state index in [0.29, 0.717) is 23.9 Å². The number of para-hydroxylation sites is 2. The van der Waals surface area contributed by atoms with Crippen LogP contribution in [-0.2, 0) is 6.61 Å². The van der Waals surface area contributed by atoms with Gasteiger partial charge in [-0.1, -0.05) is 24.3 Å². The second-order valence-electron chi connectivity index (χ2n) is 6.57. The van der Waals surface area contributed by atoms with Gasteiger partial charge < -0.3 is 14.1 Å². The van der Waals surface area contributed by atoms with Gasteiger partial charge in [0.25, 0.3) is 5.91 Å². The van der Waals surface area contributed by atoms with Crippen molar-refractivity contribution < 1.29 is 9.53 Å². The van der Waals surface area contributed by atoms with Crippen LogP contribution in [0.4, 0.5) is 5.95 Å². The fourth-order valence-electron chi connectivity index (χ4n) is 3.13. The van der Waals surface area contributed by atoms with Crippen molar-refractivity contribution in [3.63, 3.8) is 0 Å². The second kappa shape index (κ2) is 7.12. The molecule has 0 unspecified atom stereocenters. The average Bonchev–Trinajstić information content (AvgIpc) is 3.35. The van der Waals surface area contributed by atoms with Crippen molar-refractivity contribution in [2.75, 3.05) is 5.32 Å². The van der Waals surface area contributed by atoms with Crippen molar-refractivity contribution >= 4 is 28.5 Å². The molecule has 2 N–H and O–H groups in total. The molecule has 5 rings (SSSR count). The molecule has 0 aliphatic heterocycles. The maximum absolute atomic E-state index is 12.6. The lowest BCUT2D eigenvalue weighted by Gasteiger charge is -2.07. The lowest BCUT2D eigenvalue weighted by molar-refractivity contribution is 0.102. The Labute approximate surface area is 166 Å². The third-order valence-corrected chi connectivity index (χ3v) is 4.52. The first kappa shape index (κ1) is 17.0. The summed E-state index contributed by atoms with van der Waals surface area (Å²) in [6.07, 6.45) is 3.86. The van der Waals surface area contributed by atoms with Crippen LogP contribution < -0.4 is 10.1 Å². The van der Waals surface area contributed by atoms with E-state index in [1.807, 2.05) is 65.3 Å². The molecule has 0 saturated carbocycles. The Balaban J connectivity index is 1.28. The number of amides is 1. The van der Waals surface area contributed by atoms with Crippen molar-refractivity contribution in [3.05, 3.63) is 90.4 Å². The van der Waals surface area contributed by atoms with Gasteiger partial charge in [0.2, 0.25) is 5.95 Å². The molecule has 0 aliphatic rings. The van der Waals surface area contributed by atoms with Gasteiger partial charge in [-0.2, -0.15) is 0 Å². The van der Waals surface area contributed by atoms with Gasteiger partial charge in [0.15, 0.2) is 0 Å². The number of hydrogen-bond donors (Lipinski definition) is 2. The summed E-state index contributed by atoms with van der Waals surface area (Å²) < 4.78 is 7.77. The number of fused-ring (bicyclic) bond motifs is 2. The third kappa shape index (κ3) is 3.53. The summed E-state index contributed by atoms with van der Waals surface area (Å²) in [5.74, 6) is 0.744. The monoisotopic (exact) mass is 383 g/mol. The summed E-state index contributed by atoms with van der Waals surface area (Å²) in [5.41, 5.74) is 3.83. The van der Waals surface area contributed by atoms with Gasteiger partial charge in [-0.15, -0.1) is 0 Å². The number of ether oxygens (including phenoxy) is 1. The average molecular weight is 383 g/mol. The van der Waals surface area contributed by atoms with Gasteiger partial charge in [-0.25, -0.2) is 9.97 Å². The Bertz CT molecular complexity index is 1260. The van der Waals surface area contributed by atoms with E-state index in [0.717, 1.165) is 22.4 Å². The second-order valence-corrected chi connectivity index (χ2v) is 6.57. The number of nitrogens with one attached hydrogen (secondary N) is 2. The van der Waals surface area contributed by atoms with Crippen molar-refractivity contribution in [3.8, 4) is 5.75 Å². The zero-order chi connectivity index (χ0) is 19.6. The van der Waals surface area contributed by atoms with Crippen LogP contribution in [0.2, 0.25) is 0 Å². The van der Waals surface area contributed by atoms with Crippen LogP contribution in [0.25, 0.3) is 16.7 Å². The summed E-state index contributed by atoms with van der Waals surface area (Å²) in [6, 6.07) is 20.5. The highest BCUT2D eigenvalue weighted by Crippen LogP contribution is 2.18. The van der Waals surface area contributed by atoms with E-state index in [9.17, 15) is 4.79 Å². The van der Waals surface area contributed by atoms with Gasteiger partial charge in [-0.05, 0) is 42.5 Å². The summed E-state index contributed by atoms with van der Waals surface area (Å²) in [6.45, 7) is 0.316. The Hall–Kier alpha value is -4.13. The number of nitrogens with zero attached hydrogens (tertiary/aromatic N) is 3. The number of carbonyl (C=O) groups excluding carboxylic acids is 1. The summed E-state index contributed by atoms with van der Waals surface area (Å²) in [4.78, 5) is 24.6. The molecule has 142 valence electrons. The van der Waals surface area contributed by atoms with Gasteiger partial charge in [0.05, 0.1) is 16.7 Å². The summed E-state index contributed by atoms with van der Waals surface area (Å²) in [7, 11) is 0. The van der Waals surface area contributed by atoms with Gasteiger partial charge >= 0.3 is 0 Å². The molecule has 0 aliphatic carbocycles. The van der Waals surface area contributed by atoms with Crippen LogP contribution in [0, 0.1) is 0 Å². The lowest BCUT2D eigenvalue weighted by Crippen LogP contribution is -2.13. The number of H-pyrrole nitrogens is 1. The number of carbonyl (C=O) groups is 1. The summed E-state index contributed by atoms with van der Waals surface area (Å²) >= 11 is 0. The highest BCUT2D eigenvalue weighted by atomic mass is 16.5. The largest absolute Gasteiger partial charge is 0.487 e. The number of benzene rings is 2. The maximum Gasteiger partial charge on any atom is 0.258 e. The Morgan fingerprint density at radius 2 is 1.93 bits per heavy atom. The number of aromatic amines is 1. The molecule has 29 heavy (non-hydrogen) atoms. The molecule has 3 heterocycles. The van der Waals surface area contributed by atoms with Gasteiger partial charge in [0, 0.05) is 18.0 Å². The molecule has 0 saturated heterocycles. The van der Waals surface area contributed by atoms with Crippen molar-refractivity contribution in [1.82, 2.24) is 19.4 Å². The smallest absolute Gasteiger partial charge is 0.258 e. The third-order valence-electron chi connectivity index (χ3n) is 4.52. The first-order chi connectivity index (χ1) is 14.2. The molecule has 0 atom stereocenters. The number of imidazole rings is 2. The highest BCUT2D eigenvalue weighted by molar-refractivity contribution is 6.04. The fraction of sp³-hybridized carbons (Fsp3) is 0.0455.